The Kier molecular flexibility index (Phi) is 4.70. The van der Waals surface area contributed by atoms with E-state index in [1.165, 1.54) is 7.11 Å². The molecule has 0 radical (unpaired) electrons. The normalized spacial score (nSPS) is 17.1. The predicted molar refractivity (Wildman–Crippen MR) is 90.7 cm³/mol. The lowest BCUT2D eigenvalue weighted by atomic mass is 10.0. The lowest BCUT2D eigenvalue weighted by molar-refractivity contribution is -0.134. The van der Waals surface area contributed by atoms with E-state index in [4.69, 9.17) is 4.74 Å². The molecule has 1 aromatic carbocycles. The smallest absolute Gasteiger partial charge is 0.254 e. The number of ether oxygens (including phenoxy) is 1. The molecule has 1 saturated heterocycles. The van der Waals surface area contributed by atoms with Gasteiger partial charge in [0.2, 0.25) is 11.8 Å². The summed E-state index contributed by atoms with van der Waals surface area (Å²) in [5.41, 5.74) is 1.18. The van der Waals surface area contributed by atoms with Crippen LogP contribution in [0.4, 0.5) is 0 Å². The third kappa shape index (κ3) is 3.03. The van der Waals surface area contributed by atoms with Crippen molar-refractivity contribution in [2.75, 3.05) is 7.11 Å². The van der Waals surface area contributed by atoms with Gasteiger partial charge in [-0.15, -0.1) is 0 Å². The van der Waals surface area contributed by atoms with Gasteiger partial charge in [-0.1, -0.05) is 0 Å². The second kappa shape index (κ2) is 6.95. The van der Waals surface area contributed by atoms with Crippen LogP contribution >= 0.6 is 0 Å². The number of aromatic nitrogens is 2. The summed E-state index contributed by atoms with van der Waals surface area (Å²) in [4.78, 5) is 51.1. The van der Waals surface area contributed by atoms with Gasteiger partial charge in [-0.2, -0.15) is 0 Å². The SMILES string of the molecule is COc1ccc(C(=O)NC2CCC(=O)NC2=O)c2nc(C)n(CC=O)c12. The van der Waals surface area contributed by atoms with E-state index in [0.717, 1.165) is 6.29 Å². The van der Waals surface area contributed by atoms with Gasteiger partial charge in [0.1, 0.15) is 34.9 Å². The number of amides is 3. The van der Waals surface area contributed by atoms with Crippen molar-refractivity contribution >= 4 is 35.0 Å². The van der Waals surface area contributed by atoms with Crippen molar-refractivity contribution in [1.82, 2.24) is 20.2 Å². The molecule has 1 aliphatic rings. The molecule has 136 valence electrons. The fourth-order valence-electron chi connectivity index (χ4n) is 3.03. The Hall–Kier alpha value is -3.23. The van der Waals surface area contributed by atoms with E-state index in [9.17, 15) is 19.2 Å². The number of hydrogen-bond acceptors (Lipinski definition) is 6. The lowest BCUT2D eigenvalue weighted by Crippen LogP contribution is -2.52. The van der Waals surface area contributed by atoms with Crippen LogP contribution in [0.1, 0.15) is 29.0 Å². The number of imide groups is 1. The molecule has 1 unspecified atom stereocenters. The van der Waals surface area contributed by atoms with E-state index in [2.05, 4.69) is 15.6 Å². The number of fused-ring (bicyclic) bond motifs is 1. The van der Waals surface area contributed by atoms with Crippen LogP contribution in [0.3, 0.4) is 0 Å². The summed E-state index contributed by atoms with van der Waals surface area (Å²) in [6, 6.07) is 2.39. The maximum absolute atomic E-state index is 12.7. The molecule has 1 atom stereocenters. The number of nitrogens with one attached hydrogen (secondary N) is 2. The summed E-state index contributed by atoms with van der Waals surface area (Å²) in [5.74, 6) is -0.313. The van der Waals surface area contributed by atoms with E-state index in [1.807, 2.05) is 0 Å². The monoisotopic (exact) mass is 358 g/mol. The Balaban J connectivity index is 1.98. The first-order valence-electron chi connectivity index (χ1n) is 8.08. The average molecular weight is 358 g/mol. The molecule has 2 aromatic rings. The van der Waals surface area contributed by atoms with Crippen LogP contribution in [0.25, 0.3) is 11.0 Å². The molecule has 0 aliphatic carbocycles. The van der Waals surface area contributed by atoms with Crippen molar-refractivity contribution in [1.29, 1.82) is 0 Å². The number of aryl methyl sites for hydroxylation is 1. The topological polar surface area (TPSA) is 119 Å². The standard InChI is InChI=1S/C17H18N4O5/c1-9-18-14-10(3-5-12(26-2)15(14)21(9)7-8-22)16(24)19-11-4-6-13(23)20-17(11)25/h3,5,8,11H,4,6-7H2,1-2H3,(H,19,24)(H,20,23,25). The fourth-order valence-corrected chi connectivity index (χ4v) is 3.03. The minimum absolute atomic E-state index is 0.0803. The first-order valence-corrected chi connectivity index (χ1v) is 8.08. The van der Waals surface area contributed by atoms with Crippen LogP contribution in [-0.4, -0.2) is 46.7 Å². The summed E-state index contributed by atoms with van der Waals surface area (Å²) in [5, 5.41) is 4.83. The maximum Gasteiger partial charge on any atom is 0.254 e. The Morgan fingerprint density at radius 1 is 1.46 bits per heavy atom. The van der Waals surface area contributed by atoms with Gasteiger partial charge in [-0.05, 0) is 25.5 Å². The maximum atomic E-state index is 12.7. The summed E-state index contributed by atoms with van der Waals surface area (Å²) in [6.07, 6.45) is 1.15. The zero-order chi connectivity index (χ0) is 18.8. The molecule has 0 bridgehead atoms. The van der Waals surface area contributed by atoms with E-state index in [1.54, 1.807) is 23.6 Å². The summed E-state index contributed by atoms with van der Waals surface area (Å²) >= 11 is 0. The molecule has 1 aliphatic heterocycles. The van der Waals surface area contributed by atoms with E-state index >= 15 is 0 Å². The minimum atomic E-state index is -0.782. The number of carbonyl (C=O) groups is 4. The van der Waals surface area contributed by atoms with Crippen LogP contribution in [-0.2, 0) is 20.9 Å². The van der Waals surface area contributed by atoms with Gasteiger partial charge >= 0.3 is 0 Å². The average Bonchev–Trinajstić information content (AvgIpc) is 2.93. The van der Waals surface area contributed by atoms with Gasteiger partial charge in [0.05, 0.1) is 19.2 Å². The van der Waals surface area contributed by atoms with Crippen LogP contribution in [0.5, 0.6) is 5.75 Å². The van der Waals surface area contributed by atoms with Crippen molar-refractivity contribution in [2.24, 2.45) is 0 Å². The Bertz CT molecular complexity index is 918. The fraction of sp³-hybridized carbons (Fsp3) is 0.353. The molecular formula is C17H18N4O5. The number of aldehydes is 1. The third-order valence-corrected chi connectivity index (χ3v) is 4.31. The highest BCUT2D eigenvalue weighted by Gasteiger charge is 2.29. The summed E-state index contributed by atoms with van der Waals surface area (Å²) in [6.45, 7) is 1.81. The number of imidazole rings is 1. The number of piperidine rings is 1. The van der Waals surface area contributed by atoms with Crippen molar-refractivity contribution < 1.29 is 23.9 Å². The number of methoxy groups -OCH3 is 1. The van der Waals surface area contributed by atoms with Crippen LogP contribution in [0, 0.1) is 6.92 Å². The number of hydrogen-bond donors (Lipinski definition) is 2. The van der Waals surface area contributed by atoms with Gasteiger partial charge in [-0.25, -0.2) is 4.98 Å². The summed E-state index contributed by atoms with van der Waals surface area (Å²) in [7, 11) is 1.49. The highest BCUT2D eigenvalue weighted by molar-refractivity contribution is 6.09. The number of benzene rings is 1. The first-order chi connectivity index (χ1) is 12.5. The van der Waals surface area contributed by atoms with Crippen LogP contribution in [0.2, 0.25) is 0 Å². The van der Waals surface area contributed by atoms with Gasteiger partial charge in [-0.3, -0.25) is 19.7 Å². The minimum Gasteiger partial charge on any atom is -0.494 e. The van der Waals surface area contributed by atoms with Crippen LogP contribution < -0.4 is 15.4 Å². The van der Waals surface area contributed by atoms with Gasteiger partial charge in [0.25, 0.3) is 5.91 Å². The van der Waals surface area contributed by atoms with E-state index < -0.39 is 17.9 Å². The van der Waals surface area contributed by atoms with Gasteiger partial charge in [0.15, 0.2) is 0 Å². The lowest BCUT2D eigenvalue weighted by Gasteiger charge is -2.21. The molecule has 1 fully saturated rings. The number of rotatable bonds is 5. The molecule has 3 amide bonds. The molecule has 1 aromatic heterocycles. The predicted octanol–water partition coefficient (Wildman–Crippen LogP) is 0.0872. The molecule has 3 rings (SSSR count). The molecule has 2 N–H and O–H groups in total. The number of nitrogens with zero attached hydrogens (tertiary/aromatic N) is 2. The van der Waals surface area contributed by atoms with Crippen molar-refractivity contribution in [3.63, 3.8) is 0 Å². The summed E-state index contributed by atoms with van der Waals surface area (Å²) < 4.78 is 6.99. The second-order valence-electron chi connectivity index (χ2n) is 5.93. The quantitative estimate of drug-likeness (QED) is 0.577. The molecule has 9 heteroatoms. The molecule has 9 nitrogen and oxygen atoms in total. The second-order valence-corrected chi connectivity index (χ2v) is 5.93. The highest BCUT2D eigenvalue weighted by Crippen LogP contribution is 2.29. The first kappa shape index (κ1) is 17.6. The molecule has 0 saturated carbocycles. The molecule has 0 spiro atoms. The molecular weight excluding hydrogens is 340 g/mol. The highest BCUT2D eigenvalue weighted by atomic mass is 16.5. The number of carbonyl (C=O) groups excluding carboxylic acids is 4. The largest absolute Gasteiger partial charge is 0.494 e. The molecule has 26 heavy (non-hydrogen) atoms. The third-order valence-electron chi connectivity index (χ3n) is 4.31. The molecule has 2 heterocycles. The Labute approximate surface area is 148 Å². The Morgan fingerprint density at radius 2 is 2.23 bits per heavy atom. The van der Waals surface area contributed by atoms with Gasteiger partial charge in [0, 0.05) is 6.42 Å². The van der Waals surface area contributed by atoms with Crippen molar-refractivity contribution in [3.05, 3.63) is 23.5 Å². The Morgan fingerprint density at radius 3 is 2.88 bits per heavy atom. The van der Waals surface area contributed by atoms with Crippen LogP contribution in [0.15, 0.2) is 12.1 Å². The van der Waals surface area contributed by atoms with Gasteiger partial charge < -0.3 is 19.4 Å². The van der Waals surface area contributed by atoms with Crippen molar-refractivity contribution in [2.45, 2.75) is 32.4 Å². The van der Waals surface area contributed by atoms with E-state index in [-0.39, 0.29) is 30.9 Å². The van der Waals surface area contributed by atoms with Crippen molar-refractivity contribution in [3.8, 4) is 5.75 Å². The zero-order valence-corrected chi connectivity index (χ0v) is 14.4. The van der Waals surface area contributed by atoms with E-state index in [0.29, 0.717) is 22.6 Å². The zero-order valence-electron chi connectivity index (χ0n) is 14.4.